The Bertz CT molecular complexity index is 1290. The molecule has 0 bridgehead atoms. The van der Waals surface area contributed by atoms with Crippen molar-refractivity contribution in [2.24, 2.45) is 0 Å². The summed E-state index contributed by atoms with van der Waals surface area (Å²) < 4.78 is 0. The smallest absolute Gasteiger partial charge is 0.0158 e. The molecule has 30 heavy (non-hydrogen) atoms. The quantitative estimate of drug-likeness (QED) is 0.327. The molecule has 0 fully saturated rings. The van der Waals surface area contributed by atoms with E-state index < -0.39 is 0 Å². The first-order chi connectivity index (χ1) is 14.4. The molecule has 0 N–H and O–H groups in total. The summed E-state index contributed by atoms with van der Waals surface area (Å²) in [4.78, 5) is 0. The number of rotatable bonds is 2. The van der Waals surface area contributed by atoms with E-state index in [1.807, 2.05) is 0 Å². The van der Waals surface area contributed by atoms with Crippen LogP contribution in [0.3, 0.4) is 0 Å². The fourth-order valence-corrected chi connectivity index (χ4v) is 4.80. The number of hydrogen-bond donors (Lipinski definition) is 0. The molecule has 0 aromatic heterocycles. The maximum absolute atomic E-state index is 4.47. The van der Waals surface area contributed by atoms with Crippen LogP contribution in [0.1, 0.15) is 41.7 Å². The van der Waals surface area contributed by atoms with E-state index in [2.05, 4.69) is 118 Å². The molecule has 4 aromatic rings. The zero-order chi connectivity index (χ0) is 20.9. The van der Waals surface area contributed by atoms with Gasteiger partial charge in [0.1, 0.15) is 0 Å². The highest BCUT2D eigenvalue weighted by Gasteiger charge is 2.33. The van der Waals surface area contributed by atoms with E-state index in [0.717, 1.165) is 5.57 Å². The summed E-state index contributed by atoms with van der Waals surface area (Å²) in [5.74, 6) is 0. The number of fused-ring (bicyclic) bond motifs is 2. The van der Waals surface area contributed by atoms with Crippen molar-refractivity contribution in [2.75, 3.05) is 0 Å². The van der Waals surface area contributed by atoms with Gasteiger partial charge in [0.15, 0.2) is 0 Å². The third-order valence-corrected chi connectivity index (χ3v) is 6.49. The first-order valence-electron chi connectivity index (χ1n) is 10.6. The summed E-state index contributed by atoms with van der Waals surface area (Å²) >= 11 is 0. The van der Waals surface area contributed by atoms with E-state index in [0.29, 0.717) is 0 Å². The average Bonchev–Trinajstić information content (AvgIpc) is 2.77. The van der Waals surface area contributed by atoms with Crippen LogP contribution in [0.4, 0.5) is 0 Å². The summed E-state index contributed by atoms with van der Waals surface area (Å²) in [6, 6.07) is 33.1. The van der Waals surface area contributed by atoms with Crippen molar-refractivity contribution in [3.05, 3.63) is 125 Å². The molecule has 0 aliphatic heterocycles. The molecule has 4 aromatic carbocycles. The minimum Gasteiger partial charge on any atom is -0.0905 e. The predicted molar refractivity (Wildman–Crippen MR) is 129 cm³/mol. The van der Waals surface area contributed by atoms with Crippen molar-refractivity contribution in [3.63, 3.8) is 0 Å². The van der Waals surface area contributed by atoms with E-state index in [4.69, 9.17) is 0 Å². The highest BCUT2D eigenvalue weighted by atomic mass is 14.4. The third-order valence-electron chi connectivity index (χ3n) is 6.49. The second-order valence-electron chi connectivity index (χ2n) is 8.86. The van der Waals surface area contributed by atoms with E-state index >= 15 is 0 Å². The molecule has 146 valence electrons. The average molecular weight is 387 g/mol. The Labute approximate surface area is 179 Å². The fourth-order valence-electron chi connectivity index (χ4n) is 4.80. The Balaban J connectivity index is 1.62. The monoisotopic (exact) mass is 386 g/mol. The van der Waals surface area contributed by atoms with Gasteiger partial charge >= 0.3 is 0 Å². The van der Waals surface area contributed by atoms with Gasteiger partial charge in [-0.05, 0) is 69.1 Å². The molecule has 1 aliphatic carbocycles. The Morgan fingerprint density at radius 1 is 0.567 bits per heavy atom. The molecule has 0 heterocycles. The lowest BCUT2D eigenvalue weighted by atomic mass is 9.67. The van der Waals surface area contributed by atoms with Gasteiger partial charge < -0.3 is 0 Å². The number of hydrogen-bond acceptors (Lipinski definition) is 0. The molecule has 0 saturated carbocycles. The molecular weight excluding hydrogens is 360 g/mol. The van der Waals surface area contributed by atoms with Crippen LogP contribution in [0.15, 0.2) is 97.6 Å². The first kappa shape index (κ1) is 18.6. The Hall–Kier alpha value is -3.38. The van der Waals surface area contributed by atoms with E-state index in [9.17, 15) is 0 Å². The maximum atomic E-state index is 4.47. The maximum Gasteiger partial charge on any atom is 0.0158 e. The second kappa shape index (κ2) is 6.85. The van der Waals surface area contributed by atoms with Gasteiger partial charge in [0.05, 0.1) is 0 Å². The van der Waals surface area contributed by atoms with Gasteiger partial charge in [-0.2, -0.15) is 0 Å². The van der Waals surface area contributed by atoms with Crippen molar-refractivity contribution >= 4 is 5.57 Å². The van der Waals surface area contributed by atoms with Gasteiger partial charge in [-0.1, -0.05) is 105 Å². The molecule has 0 saturated heterocycles. The largest absolute Gasteiger partial charge is 0.0905 e. The second-order valence-corrected chi connectivity index (χ2v) is 8.86. The highest BCUT2D eigenvalue weighted by molar-refractivity contribution is 5.88. The molecule has 0 heteroatoms. The molecular formula is C30H26. The summed E-state index contributed by atoms with van der Waals surface area (Å²) in [5.41, 5.74) is 12.6. The van der Waals surface area contributed by atoms with E-state index in [-0.39, 0.29) is 5.41 Å². The minimum atomic E-state index is -0.0327. The summed E-state index contributed by atoms with van der Waals surface area (Å²) in [6.07, 6.45) is 0. The van der Waals surface area contributed by atoms with Crippen molar-refractivity contribution in [1.82, 2.24) is 0 Å². The van der Waals surface area contributed by atoms with Gasteiger partial charge in [0.25, 0.3) is 0 Å². The van der Waals surface area contributed by atoms with Gasteiger partial charge in [-0.3, -0.25) is 0 Å². The Morgan fingerprint density at radius 2 is 1.17 bits per heavy atom. The normalized spacial score (nSPS) is 14.2. The van der Waals surface area contributed by atoms with Crippen LogP contribution >= 0.6 is 0 Å². The van der Waals surface area contributed by atoms with Crippen molar-refractivity contribution in [2.45, 2.75) is 26.2 Å². The SMILES string of the molecule is C=C1c2ccccc2C(C)(C)c2ccc(-c3cccc(-c4cccc(C)c4)c3)cc21. The third kappa shape index (κ3) is 2.92. The van der Waals surface area contributed by atoms with Crippen molar-refractivity contribution in [1.29, 1.82) is 0 Å². The lowest BCUT2D eigenvalue weighted by molar-refractivity contribution is 0.630. The Morgan fingerprint density at radius 3 is 1.90 bits per heavy atom. The summed E-state index contributed by atoms with van der Waals surface area (Å²) in [6.45, 7) is 11.2. The highest BCUT2D eigenvalue weighted by Crippen LogP contribution is 2.46. The molecule has 0 radical (unpaired) electrons. The van der Waals surface area contributed by atoms with Gasteiger partial charge in [-0.25, -0.2) is 0 Å². The topological polar surface area (TPSA) is 0 Å². The lowest BCUT2D eigenvalue weighted by Crippen LogP contribution is -2.26. The molecule has 1 aliphatic rings. The van der Waals surface area contributed by atoms with E-state index in [1.54, 1.807) is 0 Å². The van der Waals surface area contributed by atoms with Crippen LogP contribution in [0.2, 0.25) is 0 Å². The molecule has 5 rings (SSSR count). The van der Waals surface area contributed by atoms with Crippen molar-refractivity contribution < 1.29 is 0 Å². The Kier molecular flexibility index (Phi) is 4.25. The zero-order valence-corrected chi connectivity index (χ0v) is 17.9. The number of benzene rings is 4. The molecule has 0 atom stereocenters. The predicted octanol–water partition coefficient (Wildman–Crippen LogP) is 8.03. The van der Waals surface area contributed by atoms with Crippen LogP contribution in [0, 0.1) is 6.92 Å². The molecule has 0 unspecified atom stereocenters. The van der Waals surface area contributed by atoms with Crippen molar-refractivity contribution in [3.8, 4) is 22.3 Å². The van der Waals surface area contributed by atoms with Crippen LogP contribution < -0.4 is 0 Å². The minimum absolute atomic E-state index is 0.0327. The van der Waals surface area contributed by atoms with Crippen LogP contribution in [-0.2, 0) is 5.41 Å². The van der Waals surface area contributed by atoms with Crippen LogP contribution in [0.5, 0.6) is 0 Å². The summed E-state index contributed by atoms with van der Waals surface area (Å²) in [5, 5.41) is 0. The lowest BCUT2D eigenvalue weighted by Gasteiger charge is -2.36. The standard InChI is InChI=1S/C30H26/c1-20-9-7-10-22(17-20)23-11-8-12-24(18-23)25-15-16-29-27(19-25)21(2)26-13-5-6-14-28(26)30(29,3)4/h5-19H,2H2,1,3-4H3. The van der Waals surface area contributed by atoms with Gasteiger partial charge in [0, 0.05) is 5.41 Å². The van der Waals surface area contributed by atoms with Gasteiger partial charge in [-0.15, -0.1) is 0 Å². The molecule has 0 amide bonds. The van der Waals surface area contributed by atoms with Crippen LogP contribution in [0.25, 0.3) is 27.8 Å². The molecule has 0 spiro atoms. The fraction of sp³-hybridized carbons (Fsp3) is 0.133. The zero-order valence-electron chi connectivity index (χ0n) is 17.9. The molecule has 0 nitrogen and oxygen atoms in total. The first-order valence-corrected chi connectivity index (χ1v) is 10.6. The van der Waals surface area contributed by atoms with E-state index in [1.165, 1.54) is 50.1 Å². The van der Waals surface area contributed by atoms with Gasteiger partial charge in [0.2, 0.25) is 0 Å². The number of aryl methyl sites for hydroxylation is 1. The van der Waals surface area contributed by atoms with Crippen LogP contribution in [-0.4, -0.2) is 0 Å². The summed E-state index contributed by atoms with van der Waals surface area (Å²) in [7, 11) is 0.